The standard InChI is InChI=1S/C19H23ClN4O/c1-15(19(25)22-17-8-5-9-21-18(17)20)24-12-10-23(11-13-24)14-16-6-3-2-4-7-16/h2-9,15H,10-14H2,1H3,(H,22,25)/t15-/m0/s1. The van der Waals surface area contributed by atoms with Gasteiger partial charge in [-0.2, -0.15) is 0 Å². The summed E-state index contributed by atoms with van der Waals surface area (Å²) in [6.07, 6.45) is 1.60. The lowest BCUT2D eigenvalue weighted by Crippen LogP contribution is -2.52. The summed E-state index contributed by atoms with van der Waals surface area (Å²) in [6.45, 7) is 6.57. The van der Waals surface area contributed by atoms with E-state index in [1.54, 1.807) is 18.3 Å². The number of hydrogen-bond donors (Lipinski definition) is 1. The van der Waals surface area contributed by atoms with Gasteiger partial charge >= 0.3 is 0 Å². The first-order valence-corrected chi connectivity index (χ1v) is 8.93. The maximum Gasteiger partial charge on any atom is 0.241 e. The maximum atomic E-state index is 12.5. The van der Waals surface area contributed by atoms with Crippen LogP contribution in [0.1, 0.15) is 12.5 Å². The number of nitrogens with one attached hydrogen (secondary N) is 1. The second-order valence-electron chi connectivity index (χ2n) is 6.30. The predicted octanol–water partition coefficient (Wildman–Crippen LogP) is 2.88. The molecule has 0 saturated carbocycles. The van der Waals surface area contributed by atoms with E-state index in [0.717, 1.165) is 32.7 Å². The van der Waals surface area contributed by atoms with Crippen LogP contribution in [0.5, 0.6) is 0 Å². The van der Waals surface area contributed by atoms with Crippen molar-refractivity contribution in [1.29, 1.82) is 0 Å². The zero-order valence-electron chi connectivity index (χ0n) is 14.4. The minimum absolute atomic E-state index is 0.0496. The van der Waals surface area contributed by atoms with E-state index in [9.17, 15) is 4.79 Å². The monoisotopic (exact) mass is 358 g/mol. The van der Waals surface area contributed by atoms with Crippen molar-refractivity contribution < 1.29 is 4.79 Å². The third-order valence-corrected chi connectivity index (χ3v) is 4.90. The molecular weight excluding hydrogens is 336 g/mol. The van der Waals surface area contributed by atoms with Crippen LogP contribution in [0.2, 0.25) is 5.15 Å². The van der Waals surface area contributed by atoms with Crippen molar-refractivity contribution in [2.75, 3.05) is 31.5 Å². The fourth-order valence-corrected chi connectivity index (χ4v) is 3.20. The summed E-state index contributed by atoms with van der Waals surface area (Å²) in [5.74, 6) is -0.0496. The minimum atomic E-state index is -0.199. The number of aromatic nitrogens is 1. The predicted molar refractivity (Wildman–Crippen MR) is 101 cm³/mol. The van der Waals surface area contributed by atoms with Crippen LogP contribution in [0.15, 0.2) is 48.7 Å². The summed E-state index contributed by atoms with van der Waals surface area (Å²) < 4.78 is 0. The van der Waals surface area contributed by atoms with Crippen LogP contribution in [0.25, 0.3) is 0 Å². The van der Waals surface area contributed by atoms with Gasteiger partial charge < -0.3 is 5.32 Å². The average molecular weight is 359 g/mol. The molecule has 1 aromatic carbocycles. The highest BCUT2D eigenvalue weighted by Crippen LogP contribution is 2.18. The molecule has 1 aromatic heterocycles. The van der Waals surface area contributed by atoms with Gasteiger partial charge in [0.2, 0.25) is 5.91 Å². The van der Waals surface area contributed by atoms with Crippen LogP contribution < -0.4 is 5.32 Å². The number of carbonyl (C=O) groups excluding carboxylic acids is 1. The molecule has 1 atom stereocenters. The Morgan fingerprint density at radius 2 is 1.88 bits per heavy atom. The van der Waals surface area contributed by atoms with E-state index in [2.05, 4.69) is 44.4 Å². The van der Waals surface area contributed by atoms with Gasteiger partial charge in [-0.1, -0.05) is 41.9 Å². The molecule has 1 amide bonds. The maximum absolute atomic E-state index is 12.5. The number of benzene rings is 1. The third kappa shape index (κ3) is 4.78. The molecule has 1 saturated heterocycles. The molecule has 0 radical (unpaired) electrons. The van der Waals surface area contributed by atoms with E-state index in [4.69, 9.17) is 11.6 Å². The second-order valence-corrected chi connectivity index (χ2v) is 6.66. The summed E-state index contributed by atoms with van der Waals surface area (Å²) in [7, 11) is 0. The first kappa shape index (κ1) is 17.9. The number of rotatable bonds is 5. The number of hydrogen-bond acceptors (Lipinski definition) is 4. The highest BCUT2D eigenvalue weighted by molar-refractivity contribution is 6.32. The van der Waals surface area contributed by atoms with E-state index >= 15 is 0 Å². The van der Waals surface area contributed by atoms with Gasteiger partial charge in [0.25, 0.3) is 0 Å². The van der Waals surface area contributed by atoms with Gasteiger partial charge in [-0.25, -0.2) is 4.98 Å². The van der Waals surface area contributed by atoms with E-state index < -0.39 is 0 Å². The summed E-state index contributed by atoms with van der Waals surface area (Å²) >= 11 is 6.01. The SMILES string of the molecule is C[C@@H](C(=O)Nc1cccnc1Cl)N1CCN(Cc2ccccc2)CC1. The van der Waals surface area contributed by atoms with Gasteiger partial charge in [0.15, 0.2) is 5.15 Å². The van der Waals surface area contributed by atoms with Crippen LogP contribution in [-0.2, 0) is 11.3 Å². The Hall–Kier alpha value is -1.95. The number of amides is 1. The lowest BCUT2D eigenvalue weighted by atomic mass is 10.1. The number of piperazine rings is 1. The molecule has 1 N–H and O–H groups in total. The molecule has 1 aliphatic rings. The first-order chi connectivity index (χ1) is 12.1. The quantitative estimate of drug-likeness (QED) is 0.835. The van der Waals surface area contributed by atoms with Crippen molar-refractivity contribution in [2.24, 2.45) is 0 Å². The summed E-state index contributed by atoms with van der Waals surface area (Å²) in [5, 5.41) is 3.19. The van der Waals surface area contributed by atoms with Crippen molar-refractivity contribution in [3.05, 3.63) is 59.4 Å². The Labute approximate surface area is 153 Å². The van der Waals surface area contributed by atoms with Gasteiger partial charge in [0.1, 0.15) is 0 Å². The number of nitrogens with zero attached hydrogens (tertiary/aromatic N) is 3. The van der Waals surface area contributed by atoms with Crippen molar-refractivity contribution in [1.82, 2.24) is 14.8 Å². The summed E-state index contributed by atoms with van der Waals surface area (Å²) in [4.78, 5) is 21.1. The zero-order chi connectivity index (χ0) is 17.6. The van der Waals surface area contributed by atoms with Crippen molar-refractivity contribution >= 4 is 23.2 Å². The normalized spacial score (nSPS) is 17.2. The molecule has 6 heteroatoms. The lowest BCUT2D eigenvalue weighted by Gasteiger charge is -2.37. The second kappa shape index (κ2) is 8.43. The van der Waals surface area contributed by atoms with Gasteiger partial charge in [-0.15, -0.1) is 0 Å². The van der Waals surface area contributed by atoms with Gasteiger partial charge in [0.05, 0.1) is 11.7 Å². The van der Waals surface area contributed by atoms with E-state index in [1.807, 2.05) is 13.0 Å². The molecule has 2 heterocycles. The van der Waals surface area contributed by atoms with Crippen molar-refractivity contribution in [3.8, 4) is 0 Å². The van der Waals surface area contributed by atoms with Crippen LogP contribution in [-0.4, -0.2) is 52.9 Å². The Kier molecular flexibility index (Phi) is 6.02. The zero-order valence-corrected chi connectivity index (χ0v) is 15.1. The smallest absolute Gasteiger partial charge is 0.241 e. The van der Waals surface area contributed by atoms with Crippen LogP contribution in [0.3, 0.4) is 0 Å². The minimum Gasteiger partial charge on any atom is -0.322 e. The molecule has 0 unspecified atom stereocenters. The van der Waals surface area contributed by atoms with Gasteiger partial charge in [-0.3, -0.25) is 14.6 Å². The van der Waals surface area contributed by atoms with Crippen molar-refractivity contribution in [2.45, 2.75) is 19.5 Å². The number of carbonyl (C=O) groups is 1. The molecular formula is C19H23ClN4O. The van der Waals surface area contributed by atoms with E-state index in [-0.39, 0.29) is 11.9 Å². The molecule has 25 heavy (non-hydrogen) atoms. The number of anilines is 1. The van der Waals surface area contributed by atoms with Gasteiger partial charge in [-0.05, 0) is 24.6 Å². The van der Waals surface area contributed by atoms with Gasteiger partial charge in [0, 0.05) is 38.9 Å². The molecule has 1 aliphatic heterocycles. The average Bonchev–Trinajstić information content (AvgIpc) is 2.64. The number of pyridine rings is 1. The Morgan fingerprint density at radius 1 is 1.16 bits per heavy atom. The summed E-state index contributed by atoms with van der Waals surface area (Å²) in [6, 6.07) is 13.8. The van der Waals surface area contributed by atoms with E-state index in [1.165, 1.54) is 5.56 Å². The lowest BCUT2D eigenvalue weighted by molar-refractivity contribution is -0.121. The topological polar surface area (TPSA) is 48.5 Å². The van der Waals surface area contributed by atoms with Crippen LogP contribution >= 0.6 is 11.6 Å². The molecule has 5 nitrogen and oxygen atoms in total. The fourth-order valence-electron chi connectivity index (χ4n) is 3.03. The highest BCUT2D eigenvalue weighted by Gasteiger charge is 2.26. The van der Waals surface area contributed by atoms with Crippen LogP contribution in [0.4, 0.5) is 5.69 Å². The Bertz CT molecular complexity index is 702. The molecule has 0 bridgehead atoms. The summed E-state index contributed by atoms with van der Waals surface area (Å²) in [5.41, 5.74) is 1.89. The molecule has 2 aromatic rings. The third-order valence-electron chi connectivity index (χ3n) is 4.60. The molecule has 132 valence electrons. The van der Waals surface area contributed by atoms with E-state index in [0.29, 0.717) is 10.8 Å². The highest BCUT2D eigenvalue weighted by atomic mass is 35.5. The van der Waals surface area contributed by atoms with Crippen molar-refractivity contribution in [3.63, 3.8) is 0 Å². The van der Waals surface area contributed by atoms with Crippen LogP contribution in [0, 0.1) is 0 Å². The number of halogens is 1. The Morgan fingerprint density at radius 3 is 2.56 bits per heavy atom. The molecule has 0 spiro atoms. The largest absolute Gasteiger partial charge is 0.322 e. The molecule has 0 aliphatic carbocycles. The first-order valence-electron chi connectivity index (χ1n) is 8.55. The Balaban J connectivity index is 1.50. The fraction of sp³-hybridized carbons (Fsp3) is 0.368. The molecule has 1 fully saturated rings. The molecule has 3 rings (SSSR count).